The number of hydrogen-bond acceptors (Lipinski definition) is 2. The first-order valence-corrected chi connectivity index (χ1v) is 6.45. The van der Waals surface area contributed by atoms with Gasteiger partial charge in [-0.25, -0.2) is 0 Å². The van der Waals surface area contributed by atoms with Crippen molar-refractivity contribution in [3.63, 3.8) is 0 Å². The van der Waals surface area contributed by atoms with Crippen LogP contribution in [-0.2, 0) is 4.79 Å². The Labute approximate surface area is 108 Å². The fraction of sp³-hybridized carbons (Fsp3) is 0.533. The van der Waals surface area contributed by atoms with Gasteiger partial charge in [0, 0.05) is 17.5 Å². The first-order valence-electron chi connectivity index (χ1n) is 6.45. The van der Waals surface area contributed by atoms with Crippen LogP contribution in [0.25, 0.3) is 6.08 Å². The van der Waals surface area contributed by atoms with Crippen molar-refractivity contribution in [2.75, 3.05) is 0 Å². The van der Waals surface area contributed by atoms with Crippen LogP contribution < -0.4 is 5.32 Å². The van der Waals surface area contributed by atoms with Crippen molar-refractivity contribution < 1.29 is 9.21 Å². The number of carbonyl (C=O) groups excluding carboxylic acids is 1. The molecule has 3 nitrogen and oxygen atoms in total. The second-order valence-corrected chi connectivity index (χ2v) is 6.13. The van der Waals surface area contributed by atoms with Crippen LogP contribution in [0.5, 0.6) is 0 Å². The lowest BCUT2D eigenvalue weighted by molar-refractivity contribution is -0.117. The van der Waals surface area contributed by atoms with E-state index in [0.29, 0.717) is 5.92 Å². The van der Waals surface area contributed by atoms with Crippen molar-refractivity contribution in [1.29, 1.82) is 0 Å². The summed E-state index contributed by atoms with van der Waals surface area (Å²) in [6, 6.07) is 3.93. The molecular weight excluding hydrogens is 226 g/mol. The number of furan rings is 1. The van der Waals surface area contributed by atoms with Gasteiger partial charge in [-0.1, -0.05) is 6.92 Å². The smallest absolute Gasteiger partial charge is 0.244 e. The number of rotatable bonds is 3. The third-order valence-electron chi connectivity index (χ3n) is 3.02. The molecule has 0 aliphatic heterocycles. The van der Waals surface area contributed by atoms with Crippen LogP contribution in [0.2, 0.25) is 0 Å². The monoisotopic (exact) mass is 247 g/mol. The zero-order valence-electron chi connectivity index (χ0n) is 11.5. The normalized spacial score (nSPS) is 23.3. The minimum atomic E-state index is -0.209. The Morgan fingerprint density at radius 2 is 2.11 bits per heavy atom. The van der Waals surface area contributed by atoms with E-state index in [1.807, 2.05) is 32.9 Å². The van der Waals surface area contributed by atoms with Gasteiger partial charge >= 0.3 is 0 Å². The molecule has 1 saturated carbocycles. The highest BCUT2D eigenvalue weighted by Gasteiger charge is 2.36. The van der Waals surface area contributed by atoms with Crippen molar-refractivity contribution in [2.45, 2.75) is 45.6 Å². The van der Waals surface area contributed by atoms with Crippen LogP contribution in [0.4, 0.5) is 0 Å². The summed E-state index contributed by atoms with van der Waals surface area (Å²) < 4.78 is 5.69. The first-order chi connectivity index (χ1) is 8.35. The molecule has 0 saturated heterocycles. The van der Waals surface area contributed by atoms with Gasteiger partial charge in [0.2, 0.25) is 5.91 Å². The van der Waals surface area contributed by atoms with Crippen LogP contribution in [0.1, 0.15) is 51.6 Å². The number of nitrogens with one attached hydrogen (secondary N) is 1. The van der Waals surface area contributed by atoms with Gasteiger partial charge in [-0.3, -0.25) is 4.79 Å². The van der Waals surface area contributed by atoms with E-state index in [4.69, 9.17) is 4.42 Å². The summed E-state index contributed by atoms with van der Waals surface area (Å²) in [5.74, 6) is 3.00. The van der Waals surface area contributed by atoms with Crippen molar-refractivity contribution in [1.82, 2.24) is 5.32 Å². The molecule has 2 unspecified atom stereocenters. The van der Waals surface area contributed by atoms with E-state index in [0.717, 1.165) is 17.4 Å². The van der Waals surface area contributed by atoms with E-state index >= 15 is 0 Å². The van der Waals surface area contributed by atoms with Crippen molar-refractivity contribution in [2.24, 2.45) is 5.92 Å². The third kappa shape index (κ3) is 3.49. The van der Waals surface area contributed by atoms with Gasteiger partial charge in [0.05, 0.1) is 0 Å². The van der Waals surface area contributed by atoms with Gasteiger partial charge in [-0.2, -0.15) is 0 Å². The van der Waals surface area contributed by atoms with Crippen molar-refractivity contribution in [3.05, 3.63) is 29.7 Å². The topological polar surface area (TPSA) is 42.2 Å². The highest BCUT2D eigenvalue weighted by molar-refractivity contribution is 5.91. The van der Waals surface area contributed by atoms with Crippen LogP contribution in [0.3, 0.4) is 0 Å². The van der Waals surface area contributed by atoms with Crippen LogP contribution in [0.15, 0.2) is 22.6 Å². The average Bonchev–Trinajstić information content (AvgIpc) is 2.77. The molecule has 1 aliphatic carbocycles. The van der Waals surface area contributed by atoms with Crippen LogP contribution in [0, 0.1) is 5.92 Å². The molecule has 18 heavy (non-hydrogen) atoms. The predicted octanol–water partition coefficient (Wildman–Crippen LogP) is 3.33. The van der Waals surface area contributed by atoms with E-state index < -0.39 is 0 Å². The van der Waals surface area contributed by atoms with E-state index in [2.05, 4.69) is 12.2 Å². The SMILES string of the molecule is CC1CC1c1ccc(C=CC(=O)NC(C)(C)C)o1. The molecule has 1 N–H and O–H groups in total. The van der Waals surface area contributed by atoms with E-state index in [9.17, 15) is 4.79 Å². The van der Waals surface area contributed by atoms with Gasteiger partial charge < -0.3 is 9.73 Å². The minimum absolute atomic E-state index is 0.0970. The van der Waals surface area contributed by atoms with Crippen LogP contribution in [-0.4, -0.2) is 11.4 Å². The molecule has 1 aromatic heterocycles. The van der Waals surface area contributed by atoms with Gasteiger partial charge in [-0.05, 0) is 51.3 Å². The highest BCUT2D eigenvalue weighted by atomic mass is 16.3. The van der Waals surface area contributed by atoms with Gasteiger partial charge in [0.15, 0.2) is 0 Å². The summed E-state index contributed by atoms with van der Waals surface area (Å²) in [4.78, 5) is 11.6. The van der Waals surface area contributed by atoms with Crippen molar-refractivity contribution >= 4 is 12.0 Å². The molecule has 2 rings (SSSR count). The summed E-state index contributed by atoms with van der Waals surface area (Å²) in [7, 11) is 0. The molecule has 0 bridgehead atoms. The summed E-state index contributed by atoms with van der Waals surface area (Å²) in [5, 5.41) is 2.87. The molecule has 0 radical (unpaired) electrons. The Bertz CT molecular complexity index is 465. The molecule has 3 heteroatoms. The zero-order chi connectivity index (χ0) is 13.3. The second-order valence-electron chi connectivity index (χ2n) is 6.13. The third-order valence-corrected chi connectivity index (χ3v) is 3.02. The molecule has 0 spiro atoms. The summed E-state index contributed by atoms with van der Waals surface area (Å²) in [6.07, 6.45) is 4.45. The average molecular weight is 247 g/mol. The number of carbonyl (C=O) groups is 1. The van der Waals surface area contributed by atoms with E-state index in [1.165, 1.54) is 12.5 Å². The second kappa shape index (κ2) is 4.63. The molecule has 1 amide bonds. The van der Waals surface area contributed by atoms with E-state index in [-0.39, 0.29) is 11.4 Å². The van der Waals surface area contributed by atoms with Crippen molar-refractivity contribution in [3.8, 4) is 0 Å². The van der Waals surface area contributed by atoms with Gasteiger partial charge in [0.25, 0.3) is 0 Å². The largest absolute Gasteiger partial charge is 0.461 e. The molecule has 1 aliphatic rings. The fourth-order valence-corrected chi connectivity index (χ4v) is 1.94. The van der Waals surface area contributed by atoms with Crippen LogP contribution >= 0.6 is 0 Å². The maximum absolute atomic E-state index is 11.6. The first kappa shape index (κ1) is 12.9. The quantitative estimate of drug-likeness (QED) is 0.832. The summed E-state index contributed by atoms with van der Waals surface area (Å²) in [5.41, 5.74) is -0.209. The Hall–Kier alpha value is -1.51. The maximum atomic E-state index is 11.6. The summed E-state index contributed by atoms with van der Waals surface area (Å²) in [6.45, 7) is 8.09. The number of hydrogen-bond donors (Lipinski definition) is 1. The Balaban J connectivity index is 1.93. The Morgan fingerprint density at radius 3 is 2.67 bits per heavy atom. The standard InChI is InChI=1S/C15H21NO2/c1-10-9-12(10)13-7-5-11(18-13)6-8-14(17)16-15(2,3)4/h5-8,10,12H,9H2,1-4H3,(H,16,17). The van der Waals surface area contributed by atoms with Gasteiger partial charge in [0.1, 0.15) is 11.5 Å². The zero-order valence-corrected chi connectivity index (χ0v) is 11.5. The lowest BCUT2D eigenvalue weighted by Crippen LogP contribution is -2.39. The molecular formula is C15H21NO2. The molecule has 1 fully saturated rings. The highest BCUT2D eigenvalue weighted by Crippen LogP contribution is 2.47. The molecule has 0 aromatic carbocycles. The summed E-state index contributed by atoms with van der Waals surface area (Å²) >= 11 is 0. The lowest BCUT2D eigenvalue weighted by Gasteiger charge is -2.18. The Morgan fingerprint density at radius 1 is 1.44 bits per heavy atom. The van der Waals surface area contributed by atoms with E-state index in [1.54, 1.807) is 6.08 Å². The minimum Gasteiger partial charge on any atom is -0.461 e. The molecule has 98 valence electrons. The molecule has 1 heterocycles. The van der Waals surface area contributed by atoms with Gasteiger partial charge in [-0.15, -0.1) is 0 Å². The lowest BCUT2D eigenvalue weighted by atomic mass is 10.1. The fourth-order valence-electron chi connectivity index (χ4n) is 1.94. The Kier molecular flexibility index (Phi) is 3.33. The molecule has 2 atom stereocenters. The number of amides is 1. The predicted molar refractivity (Wildman–Crippen MR) is 72.2 cm³/mol. The molecule has 1 aromatic rings. The maximum Gasteiger partial charge on any atom is 0.244 e.